The molecule has 9 heteroatoms. The fourth-order valence-electron chi connectivity index (χ4n) is 2.71. The van der Waals surface area contributed by atoms with Gasteiger partial charge in [0.2, 0.25) is 0 Å². The largest absolute Gasteiger partial charge is 0.484 e. The summed E-state index contributed by atoms with van der Waals surface area (Å²) in [5, 5.41) is 3.25. The third-order valence-electron chi connectivity index (χ3n) is 4.22. The van der Waals surface area contributed by atoms with Crippen LogP contribution in [0, 0.1) is 13.8 Å². The van der Waals surface area contributed by atoms with Gasteiger partial charge in [-0.15, -0.1) is 11.3 Å². The summed E-state index contributed by atoms with van der Waals surface area (Å²) in [5.74, 6) is 0.203. The van der Waals surface area contributed by atoms with Gasteiger partial charge in [-0.2, -0.15) is 13.2 Å². The lowest BCUT2D eigenvalue weighted by atomic mass is 10.1. The molecule has 0 fully saturated rings. The zero-order chi connectivity index (χ0) is 21.9. The van der Waals surface area contributed by atoms with E-state index in [9.17, 15) is 18.0 Å². The highest BCUT2D eigenvalue weighted by molar-refractivity contribution is 7.15. The number of carbonyl (C=O) groups is 1. The van der Waals surface area contributed by atoms with E-state index >= 15 is 0 Å². The fourth-order valence-corrected chi connectivity index (χ4v) is 3.90. The number of alkyl halides is 3. The summed E-state index contributed by atoms with van der Waals surface area (Å²) in [6.07, 6.45) is -4.26. The second-order valence-electron chi connectivity index (χ2n) is 6.66. The molecule has 0 aliphatic rings. The number of amides is 1. The summed E-state index contributed by atoms with van der Waals surface area (Å²) in [4.78, 5) is 17.1. The summed E-state index contributed by atoms with van der Waals surface area (Å²) >= 11 is 7.27. The highest BCUT2D eigenvalue weighted by Gasteiger charge is 2.31. The summed E-state index contributed by atoms with van der Waals surface area (Å²) < 4.78 is 44.4. The molecule has 3 aromatic rings. The van der Waals surface area contributed by atoms with E-state index in [1.165, 1.54) is 17.4 Å². The standard InChI is InChI=1S/C21H18ClF3N2O2S/c1-12-4-3-5-16(8-12)29-11-19(28)27-20-26-13(2)18(30-20)10-14-9-15(21(23,24)25)6-7-17(14)22/h3-9H,10-11H2,1-2H3,(H,26,27,28). The molecule has 0 saturated carbocycles. The molecule has 0 atom stereocenters. The first-order chi connectivity index (χ1) is 14.1. The second-order valence-corrected chi connectivity index (χ2v) is 8.15. The lowest BCUT2D eigenvalue weighted by Gasteiger charge is -2.10. The maximum absolute atomic E-state index is 13.0. The Morgan fingerprint density at radius 2 is 1.97 bits per heavy atom. The highest BCUT2D eigenvalue weighted by atomic mass is 35.5. The number of halogens is 4. The number of anilines is 1. The number of nitrogens with one attached hydrogen (secondary N) is 1. The second kappa shape index (κ2) is 9.06. The van der Waals surface area contributed by atoms with Crippen LogP contribution < -0.4 is 10.1 Å². The van der Waals surface area contributed by atoms with E-state index in [-0.39, 0.29) is 24.0 Å². The van der Waals surface area contributed by atoms with Gasteiger partial charge in [-0.25, -0.2) is 4.98 Å². The molecule has 1 aromatic heterocycles. The molecule has 3 rings (SSSR count). The van der Waals surface area contributed by atoms with Crippen LogP contribution in [-0.2, 0) is 17.4 Å². The van der Waals surface area contributed by atoms with E-state index < -0.39 is 11.7 Å². The van der Waals surface area contributed by atoms with Crippen molar-refractivity contribution in [3.63, 3.8) is 0 Å². The zero-order valence-corrected chi connectivity index (χ0v) is 17.7. The van der Waals surface area contributed by atoms with Gasteiger partial charge in [-0.1, -0.05) is 23.7 Å². The number of hydrogen-bond donors (Lipinski definition) is 1. The number of ether oxygens (including phenoxy) is 1. The fraction of sp³-hybridized carbons (Fsp3) is 0.238. The first kappa shape index (κ1) is 22.1. The van der Waals surface area contributed by atoms with Crippen molar-refractivity contribution in [1.82, 2.24) is 4.98 Å². The van der Waals surface area contributed by atoms with Gasteiger partial charge < -0.3 is 4.74 Å². The van der Waals surface area contributed by atoms with Gasteiger partial charge in [0.1, 0.15) is 5.75 Å². The Morgan fingerprint density at radius 1 is 1.20 bits per heavy atom. The number of aryl methyl sites for hydroxylation is 2. The first-order valence-corrected chi connectivity index (χ1v) is 10.1. The van der Waals surface area contributed by atoms with Crippen LogP contribution in [0.2, 0.25) is 5.02 Å². The van der Waals surface area contributed by atoms with Crippen molar-refractivity contribution in [1.29, 1.82) is 0 Å². The smallest absolute Gasteiger partial charge is 0.416 e. The average molecular weight is 455 g/mol. The molecule has 30 heavy (non-hydrogen) atoms. The predicted octanol–water partition coefficient (Wildman–Crippen LogP) is 6.04. The molecule has 4 nitrogen and oxygen atoms in total. The summed E-state index contributed by atoms with van der Waals surface area (Å²) in [7, 11) is 0. The van der Waals surface area contributed by atoms with Crippen LogP contribution >= 0.6 is 22.9 Å². The minimum Gasteiger partial charge on any atom is -0.484 e. The molecule has 158 valence electrons. The molecule has 1 N–H and O–H groups in total. The van der Waals surface area contributed by atoms with Crippen molar-refractivity contribution in [3.8, 4) is 5.75 Å². The average Bonchev–Trinajstić information content (AvgIpc) is 3.00. The third kappa shape index (κ3) is 5.73. The van der Waals surface area contributed by atoms with E-state index in [2.05, 4.69) is 10.3 Å². The normalized spacial score (nSPS) is 11.4. The van der Waals surface area contributed by atoms with Crippen molar-refractivity contribution >= 4 is 34.0 Å². The SMILES string of the molecule is Cc1cccc(OCC(=O)Nc2nc(C)c(Cc3cc(C(F)(F)F)ccc3Cl)s2)c1. The lowest BCUT2D eigenvalue weighted by Crippen LogP contribution is -2.20. The number of aromatic nitrogens is 1. The van der Waals surface area contributed by atoms with Gasteiger partial charge in [-0.05, 0) is 55.3 Å². The third-order valence-corrected chi connectivity index (χ3v) is 5.66. The van der Waals surface area contributed by atoms with Crippen molar-refractivity contribution < 1.29 is 22.7 Å². The van der Waals surface area contributed by atoms with Crippen molar-refractivity contribution in [2.45, 2.75) is 26.4 Å². The molecule has 0 saturated heterocycles. The Balaban J connectivity index is 1.66. The maximum atomic E-state index is 13.0. The van der Waals surface area contributed by atoms with Crippen LogP contribution in [-0.4, -0.2) is 17.5 Å². The van der Waals surface area contributed by atoms with Crippen molar-refractivity contribution in [2.75, 3.05) is 11.9 Å². The molecular weight excluding hydrogens is 437 g/mol. The van der Waals surface area contributed by atoms with Crippen LogP contribution in [0.3, 0.4) is 0 Å². The Morgan fingerprint density at radius 3 is 2.67 bits per heavy atom. The van der Waals surface area contributed by atoms with E-state index in [0.717, 1.165) is 17.7 Å². The summed E-state index contributed by atoms with van der Waals surface area (Å²) in [6.45, 7) is 3.46. The van der Waals surface area contributed by atoms with Crippen LogP contribution in [0.15, 0.2) is 42.5 Å². The minimum absolute atomic E-state index is 0.182. The Kier molecular flexibility index (Phi) is 6.67. The van der Waals surface area contributed by atoms with E-state index in [1.54, 1.807) is 13.0 Å². The van der Waals surface area contributed by atoms with Gasteiger partial charge in [0.25, 0.3) is 5.91 Å². The van der Waals surface area contributed by atoms with Gasteiger partial charge in [-0.3, -0.25) is 10.1 Å². The minimum atomic E-state index is -4.45. The Hall–Kier alpha value is -2.58. The Bertz CT molecular complexity index is 1070. The monoisotopic (exact) mass is 454 g/mol. The maximum Gasteiger partial charge on any atom is 0.416 e. The van der Waals surface area contributed by atoms with Crippen LogP contribution in [0.5, 0.6) is 5.75 Å². The summed E-state index contributed by atoms with van der Waals surface area (Å²) in [5.41, 5.74) is 1.22. The highest BCUT2D eigenvalue weighted by Crippen LogP contribution is 2.34. The topological polar surface area (TPSA) is 51.2 Å². The van der Waals surface area contributed by atoms with Crippen LogP contribution in [0.4, 0.5) is 18.3 Å². The van der Waals surface area contributed by atoms with E-state index in [4.69, 9.17) is 16.3 Å². The molecule has 0 bridgehead atoms. The molecule has 0 unspecified atom stereocenters. The van der Waals surface area contributed by atoms with E-state index in [1.807, 2.05) is 25.1 Å². The van der Waals surface area contributed by atoms with Gasteiger partial charge >= 0.3 is 6.18 Å². The number of rotatable bonds is 6. The van der Waals surface area contributed by atoms with Crippen LogP contribution in [0.1, 0.15) is 27.3 Å². The molecule has 2 aromatic carbocycles. The van der Waals surface area contributed by atoms with Crippen molar-refractivity contribution in [3.05, 3.63) is 74.7 Å². The quantitative estimate of drug-likeness (QED) is 0.494. The van der Waals surface area contributed by atoms with Gasteiger partial charge in [0.05, 0.1) is 11.3 Å². The van der Waals surface area contributed by atoms with E-state index in [0.29, 0.717) is 27.0 Å². The number of nitrogens with zero attached hydrogens (tertiary/aromatic N) is 1. The predicted molar refractivity (Wildman–Crippen MR) is 111 cm³/mol. The Labute approximate surface area is 180 Å². The van der Waals surface area contributed by atoms with Crippen molar-refractivity contribution in [2.24, 2.45) is 0 Å². The molecule has 0 radical (unpaired) electrons. The number of carbonyl (C=O) groups excluding carboxylic acids is 1. The lowest BCUT2D eigenvalue weighted by molar-refractivity contribution is -0.137. The summed E-state index contributed by atoms with van der Waals surface area (Å²) in [6, 6.07) is 10.5. The first-order valence-electron chi connectivity index (χ1n) is 8.93. The van der Waals surface area contributed by atoms with Crippen LogP contribution in [0.25, 0.3) is 0 Å². The molecule has 0 aliphatic carbocycles. The molecule has 1 heterocycles. The zero-order valence-electron chi connectivity index (χ0n) is 16.1. The molecule has 0 spiro atoms. The molecular formula is C21H18ClF3N2O2S. The number of benzene rings is 2. The van der Waals surface area contributed by atoms with Gasteiger partial charge in [0.15, 0.2) is 11.7 Å². The van der Waals surface area contributed by atoms with Gasteiger partial charge in [0, 0.05) is 16.3 Å². The number of hydrogen-bond acceptors (Lipinski definition) is 4. The molecule has 1 amide bonds. The molecule has 0 aliphatic heterocycles. The number of thiazole rings is 1.